The number of fused-ring (bicyclic) bond motifs is 1. The zero-order chi connectivity index (χ0) is 29.5. The minimum atomic E-state index is -1.48. The van der Waals surface area contributed by atoms with E-state index in [0.29, 0.717) is 18.9 Å². The lowest BCUT2D eigenvalue weighted by Gasteiger charge is -2.29. The predicted molar refractivity (Wildman–Crippen MR) is 157 cm³/mol. The molecule has 222 valence electrons. The van der Waals surface area contributed by atoms with E-state index in [1.807, 2.05) is 30.3 Å². The number of nitrogens with zero attached hydrogens (tertiary/aromatic N) is 1. The number of carbonyl (C=O) groups excluding carboxylic acids is 3. The number of nitrogens with one attached hydrogen (secondary N) is 2. The Bertz CT molecular complexity index is 1140. The van der Waals surface area contributed by atoms with E-state index in [9.17, 15) is 24.3 Å². The summed E-state index contributed by atoms with van der Waals surface area (Å²) < 4.78 is 5.87. The van der Waals surface area contributed by atoms with E-state index in [0.717, 1.165) is 56.9 Å². The number of likely N-dealkylation sites (N-methyl/N-ethyl adjacent to an activating group) is 1. The van der Waals surface area contributed by atoms with Gasteiger partial charge in [0.2, 0.25) is 11.8 Å². The van der Waals surface area contributed by atoms with Crippen LogP contribution in [-0.2, 0) is 20.8 Å². The first-order valence-corrected chi connectivity index (χ1v) is 14.7. The molecule has 0 radical (unpaired) electrons. The van der Waals surface area contributed by atoms with Crippen LogP contribution in [0.5, 0.6) is 5.75 Å². The van der Waals surface area contributed by atoms with Gasteiger partial charge in [-0.3, -0.25) is 14.4 Å². The normalized spacial score (nSPS) is 21.1. The standard InChI is InChI=1S/C32H43N3O6/c1-35-27(22-24-16-10-9-11-17-24)31(38)33-20-14-7-5-3-2-4-6-8-15-21-41-28-19-13-12-18-25(28)30(37)34-26(32(39)40)23-29(35)36/h9-13,16-19,26-27H,2-8,14-15,20-23H2,1H3,(H,33,38)(H,34,37)(H,39,40)/t26-,27-/m0/s1. The van der Waals surface area contributed by atoms with E-state index in [-0.39, 0.29) is 17.9 Å². The molecule has 0 aromatic heterocycles. The molecule has 3 rings (SSSR count). The molecular formula is C32H43N3O6. The summed E-state index contributed by atoms with van der Waals surface area (Å²) >= 11 is 0. The monoisotopic (exact) mass is 565 g/mol. The molecule has 0 saturated heterocycles. The van der Waals surface area contributed by atoms with E-state index < -0.39 is 36.3 Å². The minimum Gasteiger partial charge on any atom is -0.493 e. The number of carboxylic acid groups (broad SMARTS) is 1. The second-order valence-corrected chi connectivity index (χ2v) is 10.6. The van der Waals surface area contributed by atoms with Crippen LogP contribution in [0.3, 0.4) is 0 Å². The average molecular weight is 566 g/mol. The van der Waals surface area contributed by atoms with Gasteiger partial charge >= 0.3 is 5.97 Å². The van der Waals surface area contributed by atoms with E-state index in [1.165, 1.54) is 18.4 Å². The molecule has 0 aliphatic carbocycles. The van der Waals surface area contributed by atoms with Crippen LogP contribution in [0.1, 0.15) is 80.1 Å². The quantitative estimate of drug-likeness (QED) is 0.508. The molecule has 1 aliphatic heterocycles. The van der Waals surface area contributed by atoms with Crippen molar-refractivity contribution in [2.75, 3.05) is 20.2 Å². The molecule has 3 amide bonds. The highest BCUT2D eigenvalue weighted by Crippen LogP contribution is 2.20. The third kappa shape index (κ3) is 10.6. The molecule has 0 bridgehead atoms. The largest absolute Gasteiger partial charge is 0.493 e. The van der Waals surface area contributed by atoms with Gasteiger partial charge in [0.25, 0.3) is 5.91 Å². The number of aliphatic carboxylic acids is 1. The van der Waals surface area contributed by atoms with Gasteiger partial charge in [0, 0.05) is 20.0 Å². The summed E-state index contributed by atoms with van der Waals surface area (Å²) in [6.07, 6.45) is 9.26. The van der Waals surface area contributed by atoms with Gasteiger partial charge in [-0.25, -0.2) is 4.79 Å². The molecule has 2 aromatic rings. The fourth-order valence-corrected chi connectivity index (χ4v) is 4.93. The highest BCUT2D eigenvalue weighted by Gasteiger charge is 2.31. The maximum absolute atomic E-state index is 13.3. The molecule has 41 heavy (non-hydrogen) atoms. The fraction of sp³-hybridized carbons (Fsp3) is 0.500. The van der Waals surface area contributed by atoms with Crippen LogP contribution in [0.2, 0.25) is 0 Å². The SMILES string of the molecule is CN1C(=O)C[C@@H](C(=O)O)NC(=O)c2ccccc2OCCCCCCCCCCCNC(=O)[C@@H]1Cc1ccccc1. The van der Waals surface area contributed by atoms with Crippen molar-refractivity contribution in [2.45, 2.75) is 82.7 Å². The minimum absolute atomic E-state index is 0.208. The summed E-state index contributed by atoms with van der Waals surface area (Å²) in [4.78, 5) is 53.0. The van der Waals surface area contributed by atoms with Gasteiger partial charge in [-0.2, -0.15) is 0 Å². The molecule has 2 aromatic carbocycles. The number of hydrogen-bond donors (Lipinski definition) is 3. The Kier molecular flexibility index (Phi) is 13.2. The van der Waals surface area contributed by atoms with E-state index in [4.69, 9.17) is 4.74 Å². The van der Waals surface area contributed by atoms with Gasteiger partial charge in [0.05, 0.1) is 18.6 Å². The lowest BCUT2D eigenvalue weighted by Crippen LogP contribution is -2.51. The van der Waals surface area contributed by atoms with Crippen molar-refractivity contribution in [3.05, 3.63) is 65.7 Å². The number of para-hydroxylation sites is 1. The van der Waals surface area contributed by atoms with Gasteiger partial charge in [-0.1, -0.05) is 87.4 Å². The molecule has 0 unspecified atom stereocenters. The average Bonchev–Trinajstić information content (AvgIpc) is 2.97. The first-order chi connectivity index (χ1) is 19.9. The van der Waals surface area contributed by atoms with E-state index in [1.54, 1.807) is 24.3 Å². The molecule has 0 spiro atoms. The highest BCUT2D eigenvalue weighted by atomic mass is 16.5. The van der Waals surface area contributed by atoms with Crippen molar-refractivity contribution in [2.24, 2.45) is 0 Å². The van der Waals surface area contributed by atoms with Crippen LogP contribution in [0.4, 0.5) is 0 Å². The lowest BCUT2D eigenvalue weighted by atomic mass is 10.0. The van der Waals surface area contributed by atoms with Gasteiger partial charge in [0.15, 0.2) is 0 Å². The summed E-state index contributed by atoms with van der Waals surface area (Å²) in [6.45, 7) is 0.971. The molecule has 1 aliphatic rings. The number of rotatable bonds is 3. The van der Waals surface area contributed by atoms with E-state index >= 15 is 0 Å². The maximum atomic E-state index is 13.3. The molecule has 0 saturated carbocycles. The first kappa shape index (κ1) is 31.6. The topological polar surface area (TPSA) is 125 Å². The molecule has 9 heteroatoms. The smallest absolute Gasteiger partial charge is 0.326 e. The molecular weight excluding hydrogens is 522 g/mol. The maximum Gasteiger partial charge on any atom is 0.326 e. The summed E-state index contributed by atoms with van der Waals surface area (Å²) in [7, 11) is 1.50. The summed E-state index contributed by atoms with van der Waals surface area (Å²) in [5.74, 6) is -2.45. The van der Waals surface area contributed by atoms with Crippen molar-refractivity contribution in [1.82, 2.24) is 15.5 Å². The Morgan fingerprint density at radius 1 is 0.878 bits per heavy atom. The van der Waals surface area contributed by atoms with Crippen molar-refractivity contribution < 1.29 is 29.0 Å². The van der Waals surface area contributed by atoms with Crippen molar-refractivity contribution >= 4 is 23.7 Å². The number of carboxylic acids is 1. The zero-order valence-corrected chi connectivity index (χ0v) is 24.0. The summed E-state index contributed by atoms with van der Waals surface area (Å²) in [5.41, 5.74) is 1.09. The lowest BCUT2D eigenvalue weighted by molar-refractivity contribution is -0.144. The third-order valence-electron chi connectivity index (χ3n) is 7.43. The molecule has 0 fully saturated rings. The summed E-state index contributed by atoms with van der Waals surface area (Å²) in [6, 6.07) is 13.7. The van der Waals surface area contributed by atoms with Gasteiger partial charge in [0.1, 0.15) is 17.8 Å². The zero-order valence-electron chi connectivity index (χ0n) is 24.0. The third-order valence-corrected chi connectivity index (χ3v) is 7.43. The van der Waals surface area contributed by atoms with Crippen LogP contribution in [0.15, 0.2) is 54.6 Å². The summed E-state index contributed by atoms with van der Waals surface area (Å²) in [5, 5.41) is 15.3. The molecule has 9 nitrogen and oxygen atoms in total. The first-order valence-electron chi connectivity index (χ1n) is 14.7. The Morgan fingerprint density at radius 3 is 2.17 bits per heavy atom. The molecule has 2 atom stereocenters. The predicted octanol–water partition coefficient (Wildman–Crippen LogP) is 4.35. The number of ether oxygens (including phenoxy) is 1. The second-order valence-electron chi connectivity index (χ2n) is 10.6. The Balaban J connectivity index is 1.79. The van der Waals surface area contributed by atoms with Crippen LogP contribution in [-0.4, -0.2) is 66.0 Å². The number of hydrogen-bond acceptors (Lipinski definition) is 5. The van der Waals surface area contributed by atoms with Crippen LogP contribution < -0.4 is 15.4 Å². The molecule has 3 N–H and O–H groups in total. The van der Waals surface area contributed by atoms with Gasteiger partial charge in [-0.15, -0.1) is 0 Å². The Hall–Kier alpha value is -3.88. The number of amides is 3. The van der Waals surface area contributed by atoms with Crippen LogP contribution in [0.25, 0.3) is 0 Å². The Labute approximate surface area is 242 Å². The van der Waals surface area contributed by atoms with Crippen LogP contribution >= 0.6 is 0 Å². The van der Waals surface area contributed by atoms with Crippen molar-refractivity contribution in [1.29, 1.82) is 0 Å². The highest BCUT2D eigenvalue weighted by molar-refractivity contribution is 6.00. The van der Waals surface area contributed by atoms with Crippen molar-refractivity contribution in [3.8, 4) is 5.75 Å². The molecule has 1 heterocycles. The van der Waals surface area contributed by atoms with E-state index in [2.05, 4.69) is 10.6 Å². The Morgan fingerprint density at radius 2 is 1.49 bits per heavy atom. The van der Waals surface area contributed by atoms with Gasteiger partial charge < -0.3 is 25.4 Å². The number of benzene rings is 2. The number of carbonyl (C=O) groups is 4. The van der Waals surface area contributed by atoms with Crippen LogP contribution in [0, 0.1) is 0 Å². The fourth-order valence-electron chi connectivity index (χ4n) is 4.93. The second kappa shape index (κ2) is 17.0. The van der Waals surface area contributed by atoms with Gasteiger partial charge in [-0.05, 0) is 30.5 Å². The van der Waals surface area contributed by atoms with Crippen molar-refractivity contribution in [3.63, 3.8) is 0 Å².